The summed E-state index contributed by atoms with van der Waals surface area (Å²) in [5.41, 5.74) is 4.39. The number of nitrogens with one attached hydrogen (secondary N) is 2. The molecule has 4 aromatic rings. The molecule has 4 aromatic carbocycles. The number of piperidine rings is 2. The minimum atomic E-state index is -0.759. The SMILES string of the molecule is CCC(CC)NC(=O)N1CCCC[C@H]1C(=O)O[C@H](CCc1ccc(CO)c(CO)c1)c1cccc(OCC(=O)CCCCC(=O)COc2cccc([C@@H](CCc3ccc(OC)c(OC)c3)OC(=O)[C@@H]3CCCCN3C(=O)NC(CC)CC)c2)c1. The number of nitrogens with zero attached hydrogens (tertiary/aromatic N) is 2. The number of amides is 4. The van der Waals surface area contributed by atoms with Gasteiger partial charge in [-0.2, -0.15) is 0 Å². The van der Waals surface area contributed by atoms with Crippen molar-refractivity contribution in [1.29, 1.82) is 0 Å². The molecule has 0 bridgehead atoms. The average Bonchev–Trinajstić information content (AvgIpc) is 3.70. The lowest BCUT2D eigenvalue weighted by Crippen LogP contribution is -2.54. The Balaban J connectivity index is 1.03. The zero-order chi connectivity index (χ0) is 60.4. The molecule has 6 rings (SSSR count). The molecule has 4 atom stereocenters. The van der Waals surface area contributed by atoms with Gasteiger partial charge in [0.05, 0.1) is 27.4 Å². The number of methoxy groups -OCH3 is 2. The van der Waals surface area contributed by atoms with Crippen LogP contribution >= 0.6 is 0 Å². The summed E-state index contributed by atoms with van der Waals surface area (Å²) in [6.45, 7) is 8.11. The number of aryl methyl sites for hydroxylation is 2. The van der Waals surface area contributed by atoms with E-state index in [0.717, 1.165) is 62.5 Å². The fourth-order valence-electron chi connectivity index (χ4n) is 10.9. The first kappa shape index (κ1) is 66.0. The van der Waals surface area contributed by atoms with Crippen LogP contribution in [0.5, 0.6) is 23.0 Å². The highest BCUT2D eigenvalue weighted by Gasteiger charge is 2.37. The van der Waals surface area contributed by atoms with E-state index in [0.29, 0.717) is 110 Å². The van der Waals surface area contributed by atoms with Gasteiger partial charge in [0.25, 0.3) is 0 Å². The van der Waals surface area contributed by atoms with Crippen molar-refractivity contribution in [2.24, 2.45) is 0 Å². The number of aliphatic hydroxyl groups is 2. The summed E-state index contributed by atoms with van der Waals surface area (Å²) in [6.07, 6.45) is 8.79. The lowest BCUT2D eigenvalue weighted by Gasteiger charge is -2.36. The molecule has 84 heavy (non-hydrogen) atoms. The van der Waals surface area contributed by atoms with Crippen LogP contribution < -0.4 is 29.6 Å². The smallest absolute Gasteiger partial charge is 0.329 e. The average molecular weight is 1160 g/mol. The largest absolute Gasteiger partial charge is 0.493 e. The normalized spacial score (nSPS) is 15.9. The number of carbonyl (C=O) groups is 6. The Kier molecular flexibility index (Phi) is 27.1. The van der Waals surface area contributed by atoms with Crippen molar-refractivity contribution in [3.05, 3.63) is 118 Å². The molecule has 4 amide bonds. The highest BCUT2D eigenvalue weighted by Crippen LogP contribution is 2.34. The molecule has 2 aliphatic rings. The number of esters is 2. The van der Waals surface area contributed by atoms with Gasteiger partial charge in [-0.25, -0.2) is 19.2 Å². The molecule has 4 N–H and O–H groups in total. The number of benzene rings is 4. The van der Waals surface area contributed by atoms with E-state index in [-0.39, 0.29) is 75.0 Å². The van der Waals surface area contributed by atoms with Crippen LogP contribution in [0.4, 0.5) is 9.59 Å². The van der Waals surface area contributed by atoms with E-state index in [9.17, 15) is 39.0 Å². The van der Waals surface area contributed by atoms with Gasteiger partial charge < -0.3 is 59.1 Å². The lowest BCUT2D eigenvalue weighted by atomic mass is 9.97. The van der Waals surface area contributed by atoms with Crippen LogP contribution in [0.15, 0.2) is 84.9 Å². The zero-order valence-electron chi connectivity index (χ0n) is 50.2. The summed E-state index contributed by atoms with van der Waals surface area (Å²) in [7, 11) is 3.15. The number of aliphatic hydroxyl groups excluding tert-OH is 2. The molecule has 18 heteroatoms. The number of unbranched alkanes of at least 4 members (excludes halogenated alkanes) is 1. The number of carbonyl (C=O) groups excluding carboxylic acids is 6. The molecular formula is C66H90N4O14. The number of ether oxygens (including phenoxy) is 6. The number of rotatable bonds is 33. The fraction of sp³-hybridized carbons (Fsp3) is 0.545. The van der Waals surface area contributed by atoms with E-state index in [4.69, 9.17) is 28.4 Å². The summed E-state index contributed by atoms with van der Waals surface area (Å²) in [6, 6.07) is 23.3. The molecule has 2 heterocycles. The quantitative estimate of drug-likeness (QED) is 0.0257. The third-order valence-electron chi connectivity index (χ3n) is 16.1. The first-order valence-electron chi connectivity index (χ1n) is 30.3. The van der Waals surface area contributed by atoms with Crippen molar-refractivity contribution in [2.75, 3.05) is 40.5 Å². The molecule has 0 radical (unpaired) electrons. The first-order valence-corrected chi connectivity index (χ1v) is 30.3. The van der Waals surface area contributed by atoms with Gasteiger partial charge in [0.1, 0.15) is 49.0 Å². The molecule has 18 nitrogen and oxygen atoms in total. The standard InChI is InChI=1S/C66H90N4O14/c1-7-51(8-2)67-65(77)69-35-15-13-25-57(69)63(75)83-59(32-28-45-27-31-49(41-71)50(37-45)42-72)47-19-17-23-55(39-47)81-43-53(73)21-11-12-22-54(74)44-82-56-24-18-20-48(40-56)60(33-29-46-30-34-61(79-5)62(38-46)80-6)84-64(76)58-26-14-16-36-70(58)66(78)68-52(9-3)10-4/h17-20,23-24,27,30-31,34,37-40,51-52,57-60,71-72H,7-16,21-22,25-26,28-29,32-33,35-36,41-44H2,1-6H3,(H,67,77)(H,68,78)/t57-,58-,59+,60+/m0/s1. The van der Waals surface area contributed by atoms with Crippen LogP contribution in [-0.4, -0.2) is 120 Å². The Bertz CT molecular complexity index is 2580. The molecule has 2 saturated heterocycles. The maximum atomic E-state index is 14.1. The van der Waals surface area contributed by atoms with Gasteiger partial charge in [0.15, 0.2) is 23.1 Å². The predicted molar refractivity (Wildman–Crippen MR) is 319 cm³/mol. The van der Waals surface area contributed by atoms with Gasteiger partial charge in [0.2, 0.25) is 0 Å². The Morgan fingerprint density at radius 2 is 1.00 bits per heavy atom. The zero-order valence-corrected chi connectivity index (χ0v) is 50.2. The highest BCUT2D eigenvalue weighted by molar-refractivity contribution is 5.85. The van der Waals surface area contributed by atoms with Gasteiger partial charge in [-0.1, -0.05) is 76.2 Å². The molecular weight excluding hydrogens is 1070 g/mol. The van der Waals surface area contributed by atoms with Crippen molar-refractivity contribution in [2.45, 2.75) is 193 Å². The van der Waals surface area contributed by atoms with Crippen molar-refractivity contribution in [1.82, 2.24) is 20.4 Å². The van der Waals surface area contributed by atoms with Crippen molar-refractivity contribution < 1.29 is 67.4 Å². The number of Topliss-reactive ketones (excluding diaryl/α,β-unsaturated/α-hetero) is 2. The second kappa shape index (κ2) is 34.6. The Morgan fingerprint density at radius 1 is 0.548 bits per heavy atom. The third-order valence-corrected chi connectivity index (χ3v) is 16.1. The topological polar surface area (TPSA) is 229 Å². The monoisotopic (exact) mass is 1160 g/mol. The fourth-order valence-corrected chi connectivity index (χ4v) is 10.9. The van der Waals surface area contributed by atoms with E-state index < -0.39 is 36.2 Å². The van der Waals surface area contributed by atoms with Gasteiger partial charge in [0, 0.05) is 38.0 Å². The van der Waals surface area contributed by atoms with E-state index in [1.807, 2.05) is 70.2 Å². The number of hydrogen-bond acceptors (Lipinski definition) is 14. The van der Waals surface area contributed by atoms with Crippen LogP contribution in [0.1, 0.15) is 176 Å². The maximum Gasteiger partial charge on any atom is 0.329 e. The summed E-state index contributed by atoms with van der Waals surface area (Å²) in [5, 5.41) is 25.9. The molecule has 2 aliphatic heterocycles. The molecule has 2 fully saturated rings. The number of urea groups is 2. The van der Waals surface area contributed by atoms with Gasteiger partial charge >= 0.3 is 24.0 Å². The minimum Gasteiger partial charge on any atom is -0.493 e. The van der Waals surface area contributed by atoms with Crippen LogP contribution in [-0.2, 0) is 54.7 Å². The van der Waals surface area contributed by atoms with Crippen molar-refractivity contribution >= 4 is 35.6 Å². The highest BCUT2D eigenvalue weighted by atomic mass is 16.6. The summed E-state index contributed by atoms with van der Waals surface area (Å²) in [4.78, 5) is 84.7. The second-order valence-corrected chi connectivity index (χ2v) is 21.9. The third kappa shape index (κ3) is 19.7. The molecule has 0 aromatic heterocycles. The second-order valence-electron chi connectivity index (χ2n) is 21.9. The van der Waals surface area contributed by atoms with E-state index in [1.54, 1.807) is 66.5 Å². The number of likely N-dealkylation sites (tertiary alicyclic amines) is 2. The van der Waals surface area contributed by atoms with Crippen LogP contribution in [0, 0.1) is 0 Å². The lowest BCUT2D eigenvalue weighted by molar-refractivity contribution is -0.157. The Labute approximate surface area is 496 Å². The molecule has 0 unspecified atom stereocenters. The van der Waals surface area contributed by atoms with Crippen LogP contribution in [0.25, 0.3) is 0 Å². The maximum absolute atomic E-state index is 14.1. The predicted octanol–water partition coefficient (Wildman–Crippen LogP) is 10.8. The van der Waals surface area contributed by atoms with E-state index in [1.165, 1.54) is 0 Å². The van der Waals surface area contributed by atoms with Crippen LogP contribution in [0.2, 0.25) is 0 Å². The summed E-state index contributed by atoms with van der Waals surface area (Å²) < 4.78 is 35.6. The van der Waals surface area contributed by atoms with Crippen molar-refractivity contribution in [3.8, 4) is 23.0 Å². The van der Waals surface area contributed by atoms with Gasteiger partial charge in [-0.3, -0.25) is 9.59 Å². The molecule has 0 aliphatic carbocycles. The Hall–Kier alpha value is -7.18. The van der Waals surface area contributed by atoms with E-state index in [2.05, 4.69) is 10.6 Å². The van der Waals surface area contributed by atoms with E-state index >= 15 is 0 Å². The number of hydrogen-bond donors (Lipinski definition) is 4. The summed E-state index contributed by atoms with van der Waals surface area (Å²) >= 11 is 0. The Morgan fingerprint density at radius 3 is 1.44 bits per heavy atom. The van der Waals surface area contributed by atoms with Crippen LogP contribution in [0.3, 0.4) is 0 Å². The van der Waals surface area contributed by atoms with Crippen molar-refractivity contribution in [3.63, 3.8) is 0 Å². The van der Waals surface area contributed by atoms with Gasteiger partial charge in [-0.15, -0.1) is 0 Å². The number of ketones is 2. The molecule has 458 valence electrons. The van der Waals surface area contributed by atoms with Gasteiger partial charge in [-0.05, 0) is 173 Å². The summed E-state index contributed by atoms with van der Waals surface area (Å²) in [5.74, 6) is 0.735. The molecule has 0 saturated carbocycles. The molecule has 0 spiro atoms. The first-order chi connectivity index (χ1) is 40.7. The minimum absolute atomic E-state index is 0.00259.